The van der Waals surface area contributed by atoms with Crippen LogP contribution in [0.25, 0.3) is 0 Å². The summed E-state index contributed by atoms with van der Waals surface area (Å²) in [6.07, 6.45) is -4.18. The first-order chi connectivity index (χ1) is 7.04. The highest BCUT2D eigenvalue weighted by Crippen LogP contribution is 2.20. The van der Waals surface area contributed by atoms with Gasteiger partial charge in [-0.3, -0.25) is 4.90 Å². The molecule has 4 nitrogen and oxygen atoms in total. The first-order valence-electron chi connectivity index (χ1n) is 4.88. The van der Waals surface area contributed by atoms with E-state index >= 15 is 0 Å². The van der Waals surface area contributed by atoms with Crippen LogP contribution in [0.5, 0.6) is 0 Å². The van der Waals surface area contributed by atoms with Gasteiger partial charge in [0, 0.05) is 13.1 Å². The molecule has 0 saturated carbocycles. The number of piperidine rings is 1. The summed E-state index contributed by atoms with van der Waals surface area (Å²) in [5.41, 5.74) is 0. The summed E-state index contributed by atoms with van der Waals surface area (Å²) in [5.74, 6) is -1.22. The molecule has 1 fully saturated rings. The van der Waals surface area contributed by atoms with Gasteiger partial charge in [0.05, 0.1) is 0 Å². The lowest BCUT2D eigenvalue weighted by Crippen LogP contribution is -2.53. The number of likely N-dealkylation sites (tertiary alicyclic amines) is 1. The van der Waals surface area contributed by atoms with Gasteiger partial charge in [0.1, 0.15) is 25.1 Å². The predicted molar refractivity (Wildman–Crippen MR) is 49.3 cm³/mol. The molecule has 1 aliphatic rings. The molecule has 15 heavy (non-hydrogen) atoms. The summed E-state index contributed by atoms with van der Waals surface area (Å²) in [6.45, 7) is 1.93. The van der Waals surface area contributed by atoms with Crippen molar-refractivity contribution in [1.82, 2.24) is 4.90 Å². The molecule has 88 valence electrons. The van der Waals surface area contributed by atoms with Crippen LogP contribution in [0.1, 0.15) is 6.92 Å². The predicted octanol–water partition coefficient (Wildman–Crippen LogP) is 0.468. The van der Waals surface area contributed by atoms with Crippen LogP contribution in [-0.2, 0) is 9.53 Å². The normalized spacial score (nSPS) is 32.9. The zero-order valence-electron chi connectivity index (χ0n) is 8.53. The van der Waals surface area contributed by atoms with Gasteiger partial charge in [0.25, 0.3) is 0 Å². The number of carboxylic acids is 1. The maximum atomic E-state index is 13.4. The molecule has 0 spiro atoms. The van der Waals surface area contributed by atoms with E-state index < -0.39 is 31.0 Å². The molecule has 2 atom stereocenters. The molecular formula is C9H15F2NO3. The van der Waals surface area contributed by atoms with Crippen LogP contribution < -0.4 is 0 Å². The molecule has 6 heteroatoms. The summed E-state index contributed by atoms with van der Waals surface area (Å²) < 4.78 is 31.5. The quantitative estimate of drug-likeness (QED) is 0.752. The second-order valence-electron chi connectivity index (χ2n) is 3.55. The van der Waals surface area contributed by atoms with Crippen LogP contribution >= 0.6 is 0 Å². The highest BCUT2D eigenvalue weighted by atomic mass is 19.1. The van der Waals surface area contributed by atoms with Gasteiger partial charge in [-0.25, -0.2) is 13.6 Å². The Morgan fingerprint density at radius 1 is 1.47 bits per heavy atom. The molecule has 0 aromatic carbocycles. The molecule has 1 rings (SSSR count). The van der Waals surface area contributed by atoms with E-state index in [2.05, 4.69) is 4.74 Å². The van der Waals surface area contributed by atoms with Crippen molar-refractivity contribution in [3.8, 4) is 0 Å². The van der Waals surface area contributed by atoms with Crippen molar-refractivity contribution < 1.29 is 23.4 Å². The Bertz CT molecular complexity index is 215. The minimum atomic E-state index is -1.46. The third-order valence-corrected chi connectivity index (χ3v) is 2.42. The summed E-state index contributed by atoms with van der Waals surface area (Å²) in [6, 6.07) is 0. The van der Waals surface area contributed by atoms with Gasteiger partial charge in [-0.15, -0.1) is 0 Å². The average molecular weight is 223 g/mol. The van der Waals surface area contributed by atoms with Gasteiger partial charge in [-0.2, -0.15) is 0 Å². The van der Waals surface area contributed by atoms with Gasteiger partial charge >= 0.3 is 5.97 Å². The number of rotatable bonds is 4. The zero-order chi connectivity index (χ0) is 11.4. The van der Waals surface area contributed by atoms with E-state index in [1.807, 2.05) is 6.92 Å². The smallest absolute Gasteiger partial charge is 0.329 e. The van der Waals surface area contributed by atoms with Crippen LogP contribution in [0, 0.1) is 0 Å². The largest absolute Gasteiger partial charge is 0.480 e. The fourth-order valence-corrected chi connectivity index (χ4v) is 1.64. The second-order valence-corrected chi connectivity index (χ2v) is 3.55. The fourth-order valence-electron chi connectivity index (χ4n) is 1.64. The fraction of sp³-hybridized carbons (Fsp3) is 0.889. The van der Waals surface area contributed by atoms with Gasteiger partial charge < -0.3 is 9.84 Å². The molecule has 0 aromatic rings. The van der Waals surface area contributed by atoms with Crippen LogP contribution in [0.3, 0.4) is 0 Å². The van der Waals surface area contributed by atoms with Crippen LogP contribution in [0.2, 0.25) is 0 Å². The molecule has 0 amide bonds. The van der Waals surface area contributed by atoms with E-state index in [-0.39, 0.29) is 13.1 Å². The lowest BCUT2D eigenvalue weighted by atomic mass is 10.0. The number of aliphatic carboxylic acids is 1. The Morgan fingerprint density at radius 2 is 2.00 bits per heavy atom. The SMILES string of the molecule is CCN1CC(F)C(OCC(=O)O)C(F)C1. The lowest BCUT2D eigenvalue weighted by Gasteiger charge is -2.36. The van der Waals surface area contributed by atoms with E-state index in [4.69, 9.17) is 5.11 Å². The Kier molecular flexibility index (Phi) is 4.41. The molecule has 2 unspecified atom stereocenters. The molecular weight excluding hydrogens is 208 g/mol. The monoisotopic (exact) mass is 223 g/mol. The first-order valence-corrected chi connectivity index (χ1v) is 4.88. The Morgan fingerprint density at radius 3 is 2.40 bits per heavy atom. The average Bonchev–Trinajstić information content (AvgIpc) is 2.15. The van der Waals surface area contributed by atoms with E-state index in [1.165, 1.54) is 0 Å². The van der Waals surface area contributed by atoms with Gasteiger partial charge in [0.2, 0.25) is 0 Å². The number of ether oxygens (including phenoxy) is 1. The molecule has 0 aliphatic carbocycles. The molecule has 1 N–H and O–H groups in total. The second kappa shape index (κ2) is 5.37. The number of nitrogens with zero attached hydrogens (tertiary/aromatic N) is 1. The maximum absolute atomic E-state index is 13.4. The third-order valence-electron chi connectivity index (χ3n) is 2.42. The summed E-state index contributed by atoms with van der Waals surface area (Å²) in [5, 5.41) is 8.33. The first kappa shape index (κ1) is 12.3. The van der Waals surface area contributed by atoms with Crippen molar-refractivity contribution >= 4 is 5.97 Å². The van der Waals surface area contributed by atoms with Crippen molar-refractivity contribution in [3.05, 3.63) is 0 Å². The molecule has 0 aromatic heterocycles. The van der Waals surface area contributed by atoms with E-state index in [1.54, 1.807) is 4.90 Å². The molecule has 1 aliphatic heterocycles. The third kappa shape index (κ3) is 3.39. The minimum Gasteiger partial charge on any atom is -0.480 e. The maximum Gasteiger partial charge on any atom is 0.329 e. The van der Waals surface area contributed by atoms with E-state index in [9.17, 15) is 13.6 Å². The number of carboxylic acid groups (broad SMARTS) is 1. The lowest BCUT2D eigenvalue weighted by molar-refractivity contribution is -0.151. The number of halogens is 2. The molecule has 0 bridgehead atoms. The Hall–Kier alpha value is -0.750. The summed E-state index contributed by atoms with van der Waals surface area (Å²) in [4.78, 5) is 11.8. The number of alkyl halides is 2. The van der Waals surface area contributed by atoms with Crippen LogP contribution in [-0.4, -0.2) is 60.7 Å². The number of carbonyl (C=O) groups is 1. The summed E-state index contributed by atoms with van der Waals surface area (Å²) in [7, 11) is 0. The summed E-state index contributed by atoms with van der Waals surface area (Å²) >= 11 is 0. The zero-order valence-corrected chi connectivity index (χ0v) is 8.53. The van der Waals surface area contributed by atoms with Crippen molar-refractivity contribution in [1.29, 1.82) is 0 Å². The van der Waals surface area contributed by atoms with E-state index in [0.717, 1.165) is 0 Å². The molecule has 1 heterocycles. The van der Waals surface area contributed by atoms with Crippen molar-refractivity contribution in [2.24, 2.45) is 0 Å². The van der Waals surface area contributed by atoms with Gasteiger partial charge in [0.15, 0.2) is 0 Å². The number of hydrogen-bond acceptors (Lipinski definition) is 3. The van der Waals surface area contributed by atoms with Gasteiger partial charge in [-0.05, 0) is 6.54 Å². The van der Waals surface area contributed by atoms with E-state index in [0.29, 0.717) is 6.54 Å². The van der Waals surface area contributed by atoms with Gasteiger partial charge in [-0.1, -0.05) is 6.92 Å². The molecule has 1 saturated heterocycles. The number of hydrogen-bond donors (Lipinski definition) is 1. The Balaban J connectivity index is 2.46. The highest BCUT2D eigenvalue weighted by molar-refractivity contribution is 5.68. The van der Waals surface area contributed by atoms with Crippen LogP contribution in [0.15, 0.2) is 0 Å². The Labute approximate surface area is 86.8 Å². The highest BCUT2D eigenvalue weighted by Gasteiger charge is 2.38. The molecule has 0 radical (unpaired) electrons. The minimum absolute atomic E-state index is 0.0984. The van der Waals surface area contributed by atoms with Crippen molar-refractivity contribution in [2.45, 2.75) is 25.4 Å². The standard InChI is InChI=1S/C9H15F2NO3/c1-2-12-3-6(10)9(7(11)4-12)15-5-8(13)14/h6-7,9H,2-5H2,1H3,(H,13,14). The van der Waals surface area contributed by atoms with Crippen LogP contribution in [0.4, 0.5) is 8.78 Å². The van der Waals surface area contributed by atoms with Crippen molar-refractivity contribution in [3.63, 3.8) is 0 Å². The topological polar surface area (TPSA) is 49.8 Å². The van der Waals surface area contributed by atoms with Crippen molar-refractivity contribution in [2.75, 3.05) is 26.2 Å².